The van der Waals surface area contributed by atoms with Crippen molar-refractivity contribution in [2.24, 2.45) is 0 Å². The minimum Gasteiger partial charge on any atom is -0.485 e. The predicted octanol–water partition coefficient (Wildman–Crippen LogP) is 3.90. The molecule has 0 spiro atoms. The van der Waals surface area contributed by atoms with E-state index in [1.54, 1.807) is 22.5 Å². The summed E-state index contributed by atoms with van der Waals surface area (Å²) in [6.45, 7) is 2.33. The zero-order chi connectivity index (χ0) is 15.0. The molecular weight excluding hydrogens is 357 g/mol. The van der Waals surface area contributed by atoms with Crippen LogP contribution in [0.25, 0.3) is 0 Å². The standard InChI is InChI=1S/C15H13BrFNO2S/c1-10-9-18(13-7-4-5-11(16)15(13)20-10)21(19)14-8-3-2-6-12(14)17/h2-8,10H,9H2,1H3. The van der Waals surface area contributed by atoms with Gasteiger partial charge >= 0.3 is 0 Å². The van der Waals surface area contributed by atoms with Crippen LogP contribution in [0, 0.1) is 5.82 Å². The number of benzene rings is 2. The fraction of sp³-hybridized carbons (Fsp3) is 0.200. The fourth-order valence-corrected chi connectivity index (χ4v) is 4.03. The number of hydrogen-bond acceptors (Lipinski definition) is 2. The van der Waals surface area contributed by atoms with Crippen molar-refractivity contribution in [1.82, 2.24) is 0 Å². The molecule has 0 saturated heterocycles. The summed E-state index contributed by atoms with van der Waals surface area (Å²) in [7, 11) is -1.61. The van der Waals surface area contributed by atoms with Gasteiger partial charge in [-0.25, -0.2) is 8.60 Å². The third-order valence-corrected chi connectivity index (χ3v) is 5.26. The van der Waals surface area contributed by atoms with Gasteiger partial charge in [0.2, 0.25) is 0 Å². The lowest BCUT2D eigenvalue weighted by Crippen LogP contribution is -2.39. The van der Waals surface area contributed by atoms with E-state index in [4.69, 9.17) is 4.74 Å². The molecule has 1 heterocycles. The van der Waals surface area contributed by atoms with E-state index in [9.17, 15) is 8.60 Å². The quantitative estimate of drug-likeness (QED) is 0.803. The van der Waals surface area contributed by atoms with Crippen LogP contribution >= 0.6 is 15.9 Å². The molecule has 0 bridgehead atoms. The Labute approximate surface area is 133 Å². The molecule has 6 heteroatoms. The molecule has 1 aliphatic rings. The average molecular weight is 370 g/mol. The fourth-order valence-electron chi connectivity index (χ4n) is 2.24. The molecule has 0 aliphatic carbocycles. The SMILES string of the molecule is CC1CN(S(=O)c2ccccc2F)c2cccc(Br)c2O1. The molecule has 110 valence electrons. The normalized spacial score (nSPS) is 18.8. The summed E-state index contributed by atoms with van der Waals surface area (Å²) in [5.74, 6) is 0.174. The van der Waals surface area contributed by atoms with Gasteiger partial charge in [-0.05, 0) is 47.1 Å². The van der Waals surface area contributed by atoms with Crippen LogP contribution < -0.4 is 9.04 Å². The second kappa shape index (κ2) is 5.77. The van der Waals surface area contributed by atoms with E-state index in [2.05, 4.69) is 15.9 Å². The molecule has 0 N–H and O–H groups in total. The smallest absolute Gasteiger partial charge is 0.158 e. The van der Waals surface area contributed by atoms with Crippen LogP contribution in [0.15, 0.2) is 51.8 Å². The molecule has 0 amide bonds. The maximum atomic E-state index is 13.9. The molecule has 0 aromatic heterocycles. The number of anilines is 1. The van der Waals surface area contributed by atoms with Gasteiger partial charge in [-0.15, -0.1) is 0 Å². The minimum absolute atomic E-state index is 0.132. The third kappa shape index (κ3) is 2.70. The van der Waals surface area contributed by atoms with E-state index in [1.165, 1.54) is 6.07 Å². The average Bonchev–Trinajstić information content (AvgIpc) is 2.47. The predicted molar refractivity (Wildman–Crippen MR) is 84.4 cm³/mol. The molecule has 3 rings (SSSR count). The lowest BCUT2D eigenvalue weighted by molar-refractivity contribution is 0.218. The Balaban J connectivity index is 2.06. The van der Waals surface area contributed by atoms with E-state index in [0.717, 1.165) is 4.47 Å². The van der Waals surface area contributed by atoms with Crippen LogP contribution in [-0.2, 0) is 11.0 Å². The van der Waals surface area contributed by atoms with E-state index >= 15 is 0 Å². The topological polar surface area (TPSA) is 29.5 Å². The Bertz CT molecular complexity index is 710. The number of fused-ring (bicyclic) bond motifs is 1. The first-order valence-electron chi connectivity index (χ1n) is 6.47. The van der Waals surface area contributed by atoms with Crippen LogP contribution in [0.4, 0.5) is 10.1 Å². The van der Waals surface area contributed by atoms with Gasteiger partial charge in [0.25, 0.3) is 0 Å². The summed E-state index contributed by atoms with van der Waals surface area (Å²) >= 11 is 3.43. The monoisotopic (exact) mass is 369 g/mol. The van der Waals surface area contributed by atoms with Gasteiger partial charge in [0.1, 0.15) is 11.9 Å². The number of ether oxygens (including phenoxy) is 1. The molecule has 2 aromatic carbocycles. The number of nitrogens with zero attached hydrogens (tertiary/aromatic N) is 1. The largest absolute Gasteiger partial charge is 0.485 e. The Morgan fingerprint density at radius 3 is 2.81 bits per heavy atom. The Morgan fingerprint density at radius 2 is 2.05 bits per heavy atom. The lowest BCUT2D eigenvalue weighted by Gasteiger charge is -2.34. The van der Waals surface area contributed by atoms with Crippen molar-refractivity contribution in [1.29, 1.82) is 0 Å². The van der Waals surface area contributed by atoms with Crippen LogP contribution in [-0.4, -0.2) is 16.9 Å². The molecule has 0 saturated carbocycles. The van der Waals surface area contributed by atoms with Crippen molar-refractivity contribution in [3.63, 3.8) is 0 Å². The highest BCUT2D eigenvalue weighted by atomic mass is 79.9. The highest BCUT2D eigenvalue weighted by Crippen LogP contribution is 2.40. The summed E-state index contributed by atoms with van der Waals surface area (Å²) < 4.78 is 34.9. The molecule has 1 aliphatic heterocycles. The van der Waals surface area contributed by atoms with E-state index in [-0.39, 0.29) is 11.0 Å². The second-order valence-electron chi connectivity index (χ2n) is 4.76. The van der Waals surface area contributed by atoms with Crippen molar-refractivity contribution < 1.29 is 13.3 Å². The van der Waals surface area contributed by atoms with Crippen molar-refractivity contribution >= 4 is 32.6 Å². The summed E-state index contributed by atoms with van der Waals surface area (Å²) in [4.78, 5) is 0.178. The molecule has 21 heavy (non-hydrogen) atoms. The summed E-state index contributed by atoms with van der Waals surface area (Å²) in [5.41, 5.74) is 0.698. The number of hydrogen-bond donors (Lipinski definition) is 0. The third-order valence-electron chi connectivity index (χ3n) is 3.18. The van der Waals surface area contributed by atoms with Crippen molar-refractivity contribution in [3.8, 4) is 5.75 Å². The molecule has 2 unspecified atom stereocenters. The summed E-state index contributed by atoms with van der Waals surface area (Å²) in [5, 5.41) is 0. The Kier molecular flexibility index (Phi) is 3.99. The van der Waals surface area contributed by atoms with E-state index < -0.39 is 16.8 Å². The zero-order valence-corrected chi connectivity index (χ0v) is 13.7. The van der Waals surface area contributed by atoms with E-state index in [1.807, 2.05) is 25.1 Å². The first-order chi connectivity index (χ1) is 10.1. The van der Waals surface area contributed by atoms with Gasteiger partial charge in [0, 0.05) is 0 Å². The van der Waals surface area contributed by atoms with Crippen molar-refractivity contribution in [2.45, 2.75) is 17.9 Å². The van der Waals surface area contributed by atoms with Gasteiger partial charge in [0.05, 0.1) is 21.6 Å². The van der Waals surface area contributed by atoms with Gasteiger partial charge in [-0.2, -0.15) is 0 Å². The Hall–Kier alpha value is -1.40. The molecule has 3 nitrogen and oxygen atoms in total. The van der Waals surface area contributed by atoms with Crippen molar-refractivity contribution in [2.75, 3.05) is 10.8 Å². The second-order valence-corrected chi connectivity index (χ2v) is 6.99. The molecular formula is C15H13BrFNO2S. The van der Waals surface area contributed by atoms with Crippen molar-refractivity contribution in [3.05, 3.63) is 52.8 Å². The maximum absolute atomic E-state index is 13.9. The Morgan fingerprint density at radius 1 is 1.29 bits per heavy atom. The summed E-state index contributed by atoms with van der Waals surface area (Å²) in [6, 6.07) is 11.7. The molecule has 2 aromatic rings. The highest BCUT2D eigenvalue weighted by molar-refractivity contribution is 9.10. The van der Waals surface area contributed by atoms with Gasteiger partial charge in [-0.3, -0.25) is 4.31 Å². The highest BCUT2D eigenvalue weighted by Gasteiger charge is 2.29. The van der Waals surface area contributed by atoms with Gasteiger partial charge in [-0.1, -0.05) is 18.2 Å². The first-order valence-corrected chi connectivity index (χ1v) is 8.37. The van der Waals surface area contributed by atoms with Gasteiger partial charge < -0.3 is 4.74 Å². The number of halogens is 2. The number of para-hydroxylation sites is 1. The van der Waals surface area contributed by atoms with Crippen LogP contribution in [0.2, 0.25) is 0 Å². The lowest BCUT2D eigenvalue weighted by atomic mass is 10.2. The van der Waals surface area contributed by atoms with Crippen LogP contribution in [0.5, 0.6) is 5.75 Å². The summed E-state index contributed by atoms with van der Waals surface area (Å²) in [6.07, 6.45) is -0.132. The maximum Gasteiger partial charge on any atom is 0.158 e. The minimum atomic E-state index is -1.61. The molecule has 2 atom stereocenters. The van der Waals surface area contributed by atoms with E-state index in [0.29, 0.717) is 18.0 Å². The van der Waals surface area contributed by atoms with Gasteiger partial charge in [0.15, 0.2) is 16.7 Å². The number of rotatable bonds is 2. The van der Waals surface area contributed by atoms with Crippen LogP contribution in [0.1, 0.15) is 6.92 Å². The van der Waals surface area contributed by atoms with Crippen LogP contribution in [0.3, 0.4) is 0 Å². The molecule has 0 radical (unpaired) electrons. The molecule has 0 fully saturated rings. The zero-order valence-electron chi connectivity index (χ0n) is 11.3. The first kappa shape index (κ1) is 14.5.